The zero-order valence-corrected chi connectivity index (χ0v) is 33.3. The number of nitro groups is 1. The number of sulfonamides is 1. The molecule has 296 valence electrons. The van der Waals surface area contributed by atoms with Crippen molar-refractivity contribution >= 4 is 33.0 Å². The van der Waals surface area contributed by atoms with Gasteiger partial charge in [-0.1, -0.05) is 44.5 Å². The van der Waals surface area contributed by atoms with Crippen LogP contribution in [0.25, 0.3) is 0 Å². The number of carbonyl (C=O) groups excluding carboxylic acids is 1. The first-order chi connectivity index (χ1) is 26.2. The third kappa shape index (κ3) is 8.71. The van der Waals surface area contributed by atoms with Gasteiger partial charge in [-0.3, -0.25) is 19.8 Å². The molecular formula is C43H57N5O6S. The van der Waals surface area contributed by atoms with Gasteiger partial charge >= 0.3 is 0 Å². The van der Waals surface area contributed by atoms with Gasteiger partial charge < -0.3 is 15.3 Å². The van der Waals surface area contributed by atoms with Crippen LogP contribution in [-0.4, -0.2) is 67.1 Å². The molecule has 3 N–H and O–H groups in total. The Hall–Kier alpha value is -4.00. The van der Waals surface area contributed by atoms with Gasteiger partial charge in [-0.25, -0.2) is 13.1 Å². The minimum Gasteiger partial charge on any atom is -0.390 e. The fourth-order valence-corrected chi connectivity index (χ4v) is 10.7. The van der Waals surface area contributed by atoms with Crippen LogP contribution in [0.1, 0.15) is 125 Å². The molecule has 2 aliphatic heterocycles. The van der Waals surface area contributed by atoms with Crippen molar-refractivity contribution in [1.29, 1.82) is 0 Å². The van der Waals surface area contributed by atoms with E-state index in [4.69, 9.17) is 0 Å². The lowest BCUT2D eigenvalue weighted by molar-refractivity contribution is -0.384. The second-order valence-corrected chi connectivity index (χ2v) is 19.0. The number of anilines is 2. The SMILES string of the molecule is CC(C)c1ccccc1[C@H]1CCCCN1C1CC2(CCN(c3ccc(C(=O)NS(=O)(=O)c4ccc(NCC5CCC(C)(O)CC5)c([N+](=O)[O-])c4)cc3)CC2)C1. The lowest BCUT2D eigenvalue weighted by atomic mass is 9.59. The molecule has 0 aromatic heterocycles. The number of rotatable bonds is 11. The van der Waals surface area contributed by atoms with Crippen molar-refractivity contribution in [3.05, 3.63) is 93.5 Å². The highest BCUT2D eigenvalue weighted by atomic mass is 32.2. The lowest BCUT2D eigenvalue weighted by Crippen LogP contribution is -2.56. The molecule has 0 bridgehead atoms. The molecule has 4 fully saturated rings. The normalized spacial score (nSPS) is 24.7. The van der Waals surface area contributed by atoms with E-state index < -0.39 is 26.5 Å². The monoisotopic (exact) mass is 771 g/mol. The number of aliphatic hydroxyl groups is 1. The highest BCUT2D eigenvalue weighted by molar-refractivity contribution is 7.90. The molecule has 7 rings (SSSR count). The molecule has 0 unspecified atom stereocenters. The number of hydrogen-bond acceptors (Lipinski definition) is 9. The maximum absolute atomic E-state index is 13.2. The van der Waals surface area contributed by atoms with Crippen molar-refractivity contribution < 1.29 is 23.2 Å². The van der Waals surface area contributed by atoms with E-state index in [1.807, 2.05) is 19.1 Å². The molecule has 12 heteroatoms. The van der Waals surface area contributed by atoms with Crippen molar-refractivity contribution in [2.24, 2.45) is 11.3 Å². The molecule has 3 aromatic rings. The van der Waals surface area contributed by atoms with Crippen LogP contribution in [0.4, 0.5) is 17.1 Å². The van der Waals surface area contributed by atoms with Gasteiger partial charge in [-0.2, -0.15) is 0 Å². The summed E-state index contributed by atoms with van der Waals surface area (Å²) >= 11 is 0. The van der Waals surface area contributed by atoms with E-state index in [2.05, 4.69) is 58.0 Å². The number of likely N-dealkylation sites (tertiary alicyclic amines) is 1. The van der Waals surface area contributed by atoms with E-state index in [0.29, 0.717) is 42.8 Å². The Bertz CT molecular complexity index is 1960. The number of carbonyl (C=O) groups is 1. The van der Waals surface area contributed by atoms with Gasteiger partial charge in [0.2, 0.25) is 0 Å². The quantitative estimate of drug-likeness (QED) is 0.130. The smallest absolute Gasteiger partial charge is 0.293 e. The molecule has 2 saturated carbocycles. The van der Waals surface area contributed by atoms with Gasteiger partial charge in [0.15, 0.2) is 0 Å². The van der Waals surface area contributed by atoms with Crippen molar-refractivity contribution in [3.63, 3.8) is 0 Å². The number of hydrogen-bond donors (Lipinski definition) is 3. The molecule has 1 spiro atoms. The van der Waals surface area contributed by atoms with E-state index in [1.54, 1.807) is 12.1 Å². The van der Waals surface area contributed by atoms with E-state index in [0.717, 1.165) is 50.5 Å². The average molecular weight is 772 g/mol. The summed E-state index contributed by atoms with van der Waals surface area (Å²) in [7, 11) is -4.38. The summed E-state index contributed by atoms with van der Waals surface area (Å²) in [5.74, 6) is -0.0355. The van der Waals surface area contributed by atoms with Crippen LogP contribution in [0.2, 0.25) is 0 Å². The Morgan fingerprint density at radius 2 is 1.64 bits per heavy atom. The Kier molecular flexibility index (Phi) is 11.3. The third-order valence-corrected chi connectivity index (χ3v) is 14.4. The summed E-state index contributed by atoms with van der Waals surface area (Å²) < 4.78 is 28.5. The molecule has 4 aliphatic rings. The van der Waals surface area contributed by atoms with Gasteiger partial charge in [0.1, 0.15) is 5.69 Å². The molecule has 1 amide bonds. The van der Waals surface area contributed by atoms with E-state index >= 15 is 0 Å². The Balaban J connectivity index is 0.920. The van der Waals surface area contributed by atoms with Crippen molar-refractivity contribution in [2.45, 2.75) is 120 Å². The first-order valence-corrected chi connectivity index (χ1v) is 21.7. The fourth-order valence-electron chi connectivity index (χ4n) is 9.69. The van der Waals surface area contributed by atoms with Crippen molar-refractivity contribution in [1.82, 2.24) is 9.62 Å². The number of benzene rings is 3. The number of amides is 1. The summed E-state index contributed by atoms with van der Waals surface area (Å²) in [6, 6.07) is 20.8. The Morgan fingerprint density at radius 3 is 2.31 bits per heavy atom. The molecule has 3 aromatic carbocycles. The highest BCUT2D eigenvalue weighted by Gasteiger charge is 2.49. The van der Waals surface area contributed by atoms with E-state index in [9.17, 15) is 28.4 Å². The van der Waals surface area contributed by atoms with E-state index in [1.165, 1.54) is 61.9 Å². The predicted octanol–water partition coefficient (Wildman–Crippen LogP) is 8.17. The van der Waals surface area contributed by atoms with Gasteiger partial charge in [-0.05, 0) is 142 Å². The number of nitro benzene ring substituents is 1. The van der Waals surface area contributed by atoms with Gasteiger partial charge in [-0.15, -0.1) is 0 Å². The minimum atomic E-state index is -4.38. The van der Waals surface area contributed by atoms with Crippen molar-refractivity contribution in [2.75, 3.05) is 36.4 Å². The Morgan fingerprint density at radius 1 is 0.945 bits per heavy atom. The topological polar surface area (TPSA) is 145 Å². The van der Waals surface area contributed by atoms with Crippen LogP contribution in [0.15, 0.2) is 71.6 Å². The molecule has 1 atom stereocenters. The van der Waals surface area contributed by atoms with Gasteiger partial charge in [0, 0.05) is 49.0 Å². The predicted molar refractivity (Wildman–Crippen MR) is 216 cm³/mol. The van der Waals surface area contributed by atoms with Gasteiger partial charge in [0.05, 0.1) is 15.4 Å². The molecule has 55 heavy (non-hydrogen) atoms. The maximum atomic E-state index is 13.2. The molecule has 2 saturated heterocycles. The van der Waals surface area contributed by atoms with Gasteiger partial charge in [0.25, 0.3) is 21.6 Å². The maximum Gasteiger partial charge on any atom is 0.293 e. The molecule has 11 nitrogen and oxygen atoms in total. The summed E-state index contributed by atoms with van der Waals surface area (Å²) in [6.45, 7) is 9.96. The summed E-state index contributed by atoms with van der Waals surface area (Å²) in [5.41, 5.74) is 3.74. The molecular weight excluding hydrogens is 715 g/mol. The third-order valence-electron chi connectivity index (χ3n) is 13.1. The summed E-state index contributed by atoms with van der Waals surface area (Å²) in [5, 5.41) is 25.2. The zero-order valence-electron chi connectivity index (χ0n) is 32.5. The van der Waals surface area contributed by atoms with Crippen LogP contribution in [0.5, 0.6) is 0 Å². The number of piperidine rings is 2. The first-order valence-electron chi connectivity index (χ1n) is 20.2. The van der Waals surface area contributed by atoms with Crippen molar-refractivity contribution in [3.8, 4) is 0 Å². The molecule has 0 radical (unpaired) electrons. The lowest BCUT2D eigenvalue weighted by Gasteiger charge is -2.57. The standard InChI is InChI=1S/C43H57N5O6S/c1-30(2)36-8-4-5-9-37(36)39-10-6-7-23-47(39)34-27-43(28-34)21-24-46(25-22-43)33-13-11-32(12-14-33)41(49)45-55(53,54)35-15-16-38(40(26-35)48(51)52)44-29-31-17-19-42(3,50)20-18-31/h4-5,8-9,11-16,26,30-31,34,39,44,50H,6-7,10,17-25,27-29H2,1-3H3,(H,45,49)/t31?,39-,42?/m1/s1. The zero-order chi connectivity index (χ0) is 39.0. The number of nitrogens with one attached hydrogen (secondary N) is 2. The van der Waals surface area contributed by atoms with Crippen LogP contribution >= 0.6 is 0 Å². The molecule has 2 heterocycles. The van der Waals surface area contributed by atoms with Crippen LogP contribution in [0.3, 0.4) is 0 Å². The first kappa shape index (κ1) is 39.2. The molecule has 2 aliphatic carbocycles. The Labute approximate surface area is 326 Å². The fraction of sp³-hybridized carbons (Fsp3) is 0.558. The second-order valence-electron chi connectivity index (χ2n) is 17.3. The van der Waals surface area contributed by atoms with Crippen LogP contribution in [0, 0.1) is 21.4 Å². The number of nitrogens with zero attached hydrogens (tertiary/aromatic N) is 3. The highest BCUT2D eigenvalue weighted by Crippen LogP contribution is 2.54. The summed E-state index contributed by atoms with van der Waals surface area (Å²) in [4.78, 5) is 29.2. The largest absolute Gasteiger partial charge is 0.390 e. The summed E-state index contributed by atoms with van der Waals surface area (Å²) in [6.07, 6.45) is 11.5. The minimum absolute atomic E-state index is 0.192. The average Bonchev–Trinajstić information content (AvgIpc) is 3.16. The van der Waals surface area contributed by atoms with Crippen LogP contribution < -0.4 is 14.9 Å². The van der Waals surface area contributed by atoms with E-state index in [-0.39, 0.29) is 27.8 Å². The second kappa shape index (κ2) is 15.9. The van der Waals surface area contributed by atoms with Crippen LogP contribution in [-0.2, 0) is 10.0 Å².